The number of thioether (sulfide) groups is 1. The quantitative estimate of drug-likeness (QED) is 0.326. The highest BCUT2D eigenvalue weighted by atomic mass is 32.2. The van der Waals surface area contributed by atoms with E-state index in [4.69, 9.17) is 0 Å². The number of para-hydroxylation sites is 2. The monoisotopic (exact) mass is 351 g/mol. The summed E-state index contributed by atoms with van der Waals surface area (Å²) in [4.78, 5) is 22.3. The van der Waals surface area contributed by atoms with Crippen LogP contribution in [-0.2, 0) is 4.79 Å². The van der Waals surface area contributed by atoms with E-state index < -0.39 is 4.92 Å². The maximum Gasteiger partial charge on any atom is 0.292 e. The molecule has 0 bridgehead atoms. The minimum Gasteiger partial charge on any atom is -0.357 e. The Morgan fingerprint density at radius 2 is 2.22 bits per heavy atom. The zero-order chi connectivity index (χ0) is 16.7. The van der Waals surface area contributed by atoms with Gasteiger partial charge >= 0.3 is 0 Å². The molecule has 10 heteroatoms. The number of nitro benzene ring substituents is 1. The second-order valence-corrected chi connectivity index (χ2v) is 6.35. The smallest absolute Gasteiger partial charge is 0.292 e. The molecular weight excluding hydrogens is 338 g/mol. The van der Waals surface area contributed by atoms with E-state index in [-0.39, 0.29) is 23.0 Å². The van der Waals surface area contributed by atoms with Crippen molar-refractivity contribution in [2.45, 2.75) is 4.34 Å². The first-order chi connectivity index (χ1) is 11.1. The highest BCUT2D eigenvalue weighted by Crippen LogP contribution is 2.27. The van der Waals surface area contributed by atoms with Crippen LogP contribution in [0.5, 0.6) is 0 Å². The fraction of sp³-hybridized carbons (Fsp3) is 0.154. The predicted molar refractivity (Wildman–Crippen MR) is 91.0 cm³/mol. The summed E-state index contributed by atoms with van der Waals surface area (Å²) in [6.45, 7) is 4.17. The predicted octanol–water partition coefficient (Wildman–Crippen LogP) is 2.78. The summed E-state index contributed by atoms with van der Waals surface area (Å²) in [5.41, 5.74) is 0.0337. The summed E-state index contributed by atoms with van der Waals surface area (Å²) in [5, 5.41) is 24.9. The highest BCUT2D eigenvalue weighted by Gasteiger charge is 2.15. The van der Waals surface area contributed by atoms with E-state index in [9.17, 15) is 14.9 Å². The molecule has 1 amide bonds. The van der Waals surface area contributed by atoms with Gasteiger partial charge in [-0.1, -0.05) is 41.3 Å². The second-order valence-electron chi connectivity index (χ2n) is 4.15. The Balaban J connectivity index is 1.89. The van der Waals surface area contributed by atoms with Crippen LogP contribution in [0.15, 0.2) is 41.3 Å². The molecule has 0 unspecified atom stereocenters. The van der Waals surface area contributed by atoms with E-state index in [1.165, 1.54) is 35.2 Å². The minimum atomic E-state index is -0.537. The van der Waals surface area contributed by atoms with Crippen LogP contribution >= 0.6 is 23.1 Å². The van der Waals surface area contributed by atoms with E-state index in [2.05, 4.69) is 27.4 Å². The number of hydrogen-bond acceptors (Lipinski definition) is 8. The van der Waals surface area contributed by atoms with Gasteiger partial charge in [-0.05, 0) is 6.07 Å². The van der Waals surface area contributed by atoms with Crippen LogP contribution in [-0.4, -0.2) is 33.3 Å². The molecule has 1 aromatic heterocycles. The zero-order valence-electron chi connectivity index (χ0n) is 11.9. The Morgan fingerprint density at radius 1 is 1.43 bits per heavy atom. The Bertz CT molecular complexity index is 719. The molecule has 120 valence electrons. The molecule has 8 nitrogen and oxygen atoms in total. The number of aromatic nitrogens is 2. The van der Waals surface area contributed by atoms with Gasteiger partial charge in [0.2, 0.25) is 11.0 Å². The van der Waals surface area contributed by atoms with Crippen molar-refractivity contribution in [2.24, 2.45) is 0 Å². The van der Waals surface area contributed by atoms with Gasteiger partial charge in [0.1, 0.15) is 5.69 Å². The second kappa shape index (κ2) is 8.25. The molecule has 0 aliphatic rings. The van der Waals surface area contributed by atoms with Crippen molar-refractivity contribution in [1.82, 2.24) is 10.2 Å². The molecule has 0 atom stereocenters. The molecular formula is C13H13N5O3S2. The summed E-state index contributed by atoms with van der Waals surface area (Å²) < 4.78 is 0.634. The first-order valence-electron chi connectivity index (χ1n) is 6.44. The van der Waals surface area contributed by atoms with Crippen molar-refractivity contribution in [2.75, 3.05) is 22.9 Å². The number of nitro groups is 1. The van der Waals surface area contributed by atoms with Crippen molar-refractivity contribution in [3.63, 3.8) is 0 Å². The summed E-state index contributed by atoms with van der Waals surface area (Å²) in [7, 11) is 0. The standard InChI is InChI=1S/C13H13N5O3S2/c1-2-7-14-12-16-17-13(23-12)22-8-11(19)15-9-5-3-4-6-10(9)18(20)21/h2-6H,1,7-8H2,(H,14,16)(H,15,19). The zero-order valence-corrected chi connectivity index (χ0v) is 13.5. The topological polar surface area (TPSA) is 110 Å². The molecule has 0 radical (unpaired) electrons. The molecule has 0 saturated carbocycles. The number of carbonyl (C=O) groups excluding carboxylic acids is 1. The molecule has 1 aromatic carbocycles. The van der Waals surface area contributed by atoms with Gasteiger partial charge in [-0.3, -0.25) is 14.9 Å². The third-order valence-electron chi connectivity index (χ3n) is 2.51. The van der Waals surface area contributed by atoms with Gasteiger partial charge in [0.25, 0.3) is 5.69 Å². The Kier molecular flexibility index (Phi) is 6.06. The number of rotatable bonds is 8. The van der Waals surface area contributed by atoms with E-state index in [0.717, 1.165) is 0 Å². The minimum absolute atomic E-state index is 0.0855. The number of carbonyl (C=O) groups is 1. The number of nitrogens with one attached hydrogen (secondary N) is 2. The van der Waals surface area contributed by atoms with Gasteiger partial charge in [0.15, 0.2) is 4.34 Å². The molecule has 0 saturated heterocycles. The van der Waals surface area contributed by atoms with Crippen LogP contribution in [0.4, 0.5) is 16.5 Å². The van der Waals surface area contributed by atoms with Crippen LogP contribution in [0, 0.1) is 10.1 Å². The number of hydrogen-bond donors (Lipinski definition) is 2. The van der Waals surface area contributed by atoms with Crippen molar-refractivity contribution < 1.29 is 9.72 Å². The Labute approximate surface area is 140 Å². The summed E-state index contributed by atoms with van der Waals surface area (Å²) in [5.74, 6) is -0.262. The van der Waals surface area contributed by atoms with Gasteiger partial charge in [0.05, 0.1) is 10.7 Å². The van der Waals surface area contributed by atoms with Crippen molar-refractivity contribution in [3.05, 3.63) is 47.0 Å². The summed E-state index contributed by atoms with van der Waals surface area (Å²) in [6, 6.07) is 5.99. The Hall–Kier alpha value is -2.46. The van der Waals surface area contributed by atoms with Crippen LogP contribution in [0.2, 0.25) is 0 Å². The molecule has 0 aliphatic heterocycles. The lowest BCUT2D eigenvalue weighted by Crippen LogP contribution is -2.15. The largest absolute Gasteiger partial charge is 0.357 e. The third kappa shape index (κ3) is 5.04. The summed E-state index contributed by atoms with van der Waals surface area (Å²) >= 11 is 2.54. The van der Waals surface area contributed by atoms with Gasteiger partial charge in [0, 0.05) is 12.6 Å². The van der Waals surface area contributed by atoms with E-state index in [0.29, 0.717) is 16.0 Å². The lowest BCUT2D eigenvalue weighted by atomic mass is 10.2. The van der Waals surface area contributed by atoms with E-state index >= 15 is 0 Å². The van der Waals surface area contributed by atoms with Gasteiger partial charge < -0.3 is 10.6 Å². The first kappa shape index (κ1) is 16.9. The number of nitrogens with zero attached hydrogens (tertiary/aromatic N) is 3. The van der Waals surface area contributed by atoms with Gasteiger partial charge in [-0.2, -0.15) is 0 Å². The SMILES string of the molecule is C=CCNc1nnc(SCC(=O)Nc2ccccc2[N+](=O)[O-])s1. The first-order valence-corrected chi connectivity index (χ1v) is 8.24. The fourth-order valence-corrected chi connectivity index (χ4v) is 3.11. The van der Waals surface area contributed by atoms with E-state index in [1.807, 2.05) is 0 Å². The van der Waals surface area contributed by atoms with Crippen molar-refractivity contribution in [1.29, 1.82) is 0 Å². The van der Waals surface area contributed by atoms with Crippen molar-refractivity contribution >= 4 is 45.5 Å². The fourth-order valence-electron chi connectivity index (χ4n) is 1.55. The van der Waals surface area contributed by atoms with Crippen molar-refractivity contribution in [3.8, 4) is 0 Å². The molecule has 2 rings (SSSR count). The van der Waals surface area contributed by atoms with Gasteiger partial charge in [-0.15, -0.1) is 16.8 Å². The van der Waals surface area contributed by atoms with Crippen LogP contribution < -0.4 is 10.6 Å². The number of anilines is 2. The molecule has 1 heterocycles. The molecule has 0 spiro atoms. The van der Waals surface area contributed by atoms with Gasteiger partial charge in [-0.25, -0.2) is 0 Å². The molecule has 23 heavy (non-hydrogen) atoms. The lowest BCUT2D eigenvalue weighted by molar-refractivity contribution is -0.383. The average Bonchev–Trinajstić information content (AvgIpc) is 2.99. The molecule has 0 fully saturated rings. The molecule has 2 N–H and O–H groups in total. The maximum atomic E-state index is 11.9. The lowest BCUT2D eigenvalue weighted by Gasteiger charge is -2.04. The van der Waals surface area contributed by atoms with Crippen LogP contribution in [0.1, 0.15) is 0 Å². The number of benzene rings is 1. The number of amides is 1. The van der Waals surface area contributed by atoms with Crippen LogP contribution in [0.3, 0.4) is 0 Å². The molecule has 0 aliphatic carbocycles. The Morgan fingerprint density at radius 3 is 2.96 bits per heavy atom. The molecule has 2 aromatic rings. The summed E-state index contributed by atoms with van der Waals surface area (Å²) in [6.07, 6.45) is 1.70. The normalized spacial score (nSPS) is 10.1. The van der Waals surface area contributed by atoms with Crippen LogP contribution in [0.25, 0.3) is 0 Å². The average molecular weight is 351 g/mol. The third-order valence-corrected chi connectivity index (χ3v) is 4.52. The highest BCUT2D eigenvalue weighted by molar-refractivity contribution is 8.01. The maximum absolute atomic E-state index is 11.9. The van der Waals surface area contributed by atoms with E-state index in [1.54, 1.807) is 18.2 Å².